The summed E-state index contributed by atoms with van der Waals surface area (Å²) in [5, 5.41) is 5.78. The van der Waals surface area contributed by atoms with Crippen LogP contribution in [0.2, 0.25) is 0 Å². The lowest BCUT2D eigenvalue weighted by Crippen LogP contribution is -2.46. The third-order valence-electron chi connectivity index (χ3n) is 7.01. The van der Waals surface area contributed by atoms with Crippen molar-refractivity contribution in [1.82, 2.24) is 14.5 Å². The number of rotatable bonds is 6. The summed E-state index contributed by atoms with van der Waals surface area (Å²) in [6.45, 7) is 7.46. The van der Waals surface area contributed by atoms with E-state index in [1.165, 1.54) is 36.1 Å². The molecule has 0 radical (unpaired) electrons. The maximum Gasteiger partial charge on any atom is 0.265 e. The van der Waals surface area contributed by atoms with Crippen LogP contribution in [-0.4, -0.2) is 74.8 Å². The predicted octanol–water partition coefficient (Wildman–Crippen LogP) is 2.11. The van der Waals surface area contributed by atoms with Gasteiger partial charge in [0.05, 0.1) is 16.5 Å². The molecule has 34 heavy (non-hydrogen) atoms. The molecule has 0 unspecified atom stereocenters. The molecule has 10 heteroatoms. The Hall–Kier alpha value is -2.17. The molecule has 3 aliphatic rings. The Labute approximate surface area is 202 Å². The Balaban J connectivity index is 1.39. The average molecular weight is 493 g/mol. The third-order valence-corrected chi connectivity index (χ3v) is 9.01. The lowest BCUT2D eigenvalue weighted by Gasteiger charge is -2.32. The normalized spacial score (nSPS) is 24.5. The van der Waals surface area contributed by atoms with Gasteiger partial charge in [0.1, 0.15) is 5.75 Å². The van der Waals surface area contributed by atoms with Gasteiger partial charge in [-0.15, -0.1) is 0 Å². The van der Waals surface area contributed by atoms with Crippen molar-refractivity contribution in [1.29, 1.82) is 0 Å². The molecule has 2 atom stereocenters. The van der Waals surface area contributed by atoms with E-state index in [1.807, 2.05) is 0 Å². The first-order valence-corrected chi connectivity index (χ1v) is 13.8. The molecule has 0 spiro atoms. The molecule has 0 bridgehead atoms. The van der Waals surface area contributed by atoms with E-state index in [9.17, 15) is 18.0 Å². The van der Waals surface area contributed by atoms with Gasteiger partial charge in [0.2, 0.25) is 15.9 Å². The van der Waals surface area contributed by atoms with Crippen LogP contribution in [0.1, 0.15) is 51.0 Å². The number of likely N-dealkylation sites (tertiary alicyclic amines) is 1. The molecular formula is C24H36N4O5S. The Morgan fingerprint density at radius 1 is 1.15 bits per heavy atom. The van der Waals surface area contributed by atoms with Crippen LogP contribution in [0.3, 0.4) is 0 Å². The molecule has 2 saturated heterocycles. The Kier molecular flexibility index (Phi) is 7.79. The fraction of sp³-hybridized carbons (Fsp3) is 0.667. The minimum atomic E-state index is -3.81. The van der Waals surface area contributed by atoms with Gasteiger partial charge < -0.3 is 20.3 Å². The first-order valence-electron chi connectivity index (χ1n) is 12.4. The molecule has 0 saturated carbocycles. The van der Waals surface area contributed by atoms with Crippen molar-refractivity contribution in [2.24, 2.45) is 5.92 Å². The number of hydrogen-bond donors (Lipinski definition) is 2. The van der Waals surface area contributed by atoms with Gasteiger partial charge in [-0.3, -0.25) is 9.59 Å². The number of nitrogens with one attached hydrogen (secondary N) is 2. The van der Waals surface area contributed by atoms with Crippen LogP contribution in [0.25, 0.3) is 0 Å². The van der Waals surface area contributed by atoms with E-state index in [-0.39, 0.29) is 29.2 Å². The summed E-state index contributed by atoms with van der Waals surface area (Å²) in [4.78, 5) is 27.3. The van der Waals surface area contributed by atoms with Gasteiger partial charge in [-0.05, 0) is 64.3 Å². The summed E-state index contributed by atoms with van der Waals surface area (Å²) in [6.07, 6.45) is 5.60. The highest BCUT2D eigenvalue weighted by Gasteiger charge is 2.35. The Morgan fingerprint density at radius 2 is 1.88 bits per heavy atom. The zero-order valence-electron chi connectivity index (χ0n) is 20.1. The van der Waals surface area contributed by atoms with Gasteiger partial charge in [-0.1, -0.05) is 12.8 Å². The Bertz CT molecular complexity index is 1020. The van der Waals surface area contributed by atoms with Crippen LogP contribution < -0.4 is 15.4 Å². The minimum absolute atomic E-state index is 0.0724. The number of anilines is 1. The summed E-state index contributed by atoms with van der Waals surface area (Å²) in [6, 6.07) is 3.11. The second-order valence-electron chi connectivity index (χ2n) is 9.61. The van der Waals surface area contributed by atoms with Gasteiger partial charge >= 0.3 is 0 Å². The minimum Gasteiger partial charge on any atom is -0.479 e. The third kappa shape index (κ3) is 5.55. The van der Waals surface area contributed by atoms with Crippen molar-refractivity contribution >= 4 is 27.5 Å². The second kappa shape index (κ2) is 10.6. The first-order chi connectivity index (χ1) is 16.3. The number of aryl methyl sites for hydroxylation is 1. The van der Waals surface area contributed by atoms with E-state index in [1.54, 1.807) is 19.9 Å². The van der Waals surface area contributed by atoms with Crippen LogP contribution in [0.15, 0.2) is 17.0 Å². The van der Waals surface area contributed by atoms with Gasteiger partial charge in [0.25, 0.3) is 5.91 Å². The molecule has 2 N–H and O–H groups in total. The standard InChI is InChI=1S/C24H36N4O5S/c1-17-14-20-21(33-18(2)23(29)26-20)15-22(17)34(31,32)28-12-7-8-19(16-28)24(30)25-9-13-27-10-5-3-4-6-11-27/h14-15,18-19H,3-13,16H2,1-2H3,(H,25,30)(H,26,29)/t18-,19-/m0/s1. The van der Waals surface area contributed by atoms with E-state index in [2.05, 4.69) is 15.5 Å². The number of benzene rings is 1. The monoisotopic (exact) mass is 492 g/mol. The van der Waals surface area contributed by atoms with Crippen molar-refractivity contribution in [3.8, 4) is 5.75 Å². The number of piperidine rings is 1. The fourth-order valence-corrected chi connectivity index (χ4v) is 6.72. The highest BCUT2D eigenvalue weighted by Crippen LogP contribution is 2.36. The summed E-state index contributed by atoms with van der Waals surface area (Å²) >= 11 is 0. The molecule has 3 aliphatic heterocycles. The van der Waals surface area contributed by atoms with Crippen molar-refractivity contribution in [2.75, 3.05) is 44.6 Å². The van der Waals surface area contributed by atoms with Crippen molar-refractivity contribution < 1.29 is 22.7 Å². The maximum absolute atomic E-state index is 13.5. The van der Waals surface area contributed by atoms with Crippen LogP contribution in [0.5, 0.6) is 5.75 Å². The zero-order valence-corrected chi connectivity index (χ0v) is 21.0. The summed E-state index contributed by atoms with van der Waals surface area (Å²) in [5.41, 5.74) is 1.00. The molecule has 4 rings (SSSR count). The SMILES string of the molecule is Cc1cc2c(cc1S(=O)(=O)N1CCC[C@H](C(=O)NCCN3CCCCCC3)C1)O[C@@H](C)C(=O)N2. The van der Waals surface area contributed by atoms with Crippen molar-refractivity contribution in [2.45, 2.75) is 63.4 Å². The van der Waals surface area contributed by atoms with Crippen LogP contribution in [0.4, 0.5) is 5.69 Å². The molecule has 1 aromatic carbocycles. The zero-order chi connectivity index (χ0) is 24.3. The summed E-state index contributed by atoms with van der Waals surface area (Å²) < 4.78 is 34.0. The molecule has 0 aliphatic carbocycles. The lowest BCUT2D eigenvalue weighted by atomic mass is 9.99. The fourth-order valence-electron chi connectivity index (χ4n) is 4.98. The van der Waals surface area contributed by atoms with E-state index < -0.39 is 16.1 Å². The lowest BCUT2D eigenvalue weighted by molar-refractivity contribution is -0.126. The van der Waals surface area contributed by atoms with Gasteiger partial charge in [-0.2, -0.15) is 4.31 Å². The van der Waals surface area contributed by atoms with E-state index in [0.29, 0.717) is 42.9 Å². The quantitative estimate of drug-likeness (QED) is 0.630. The van der Waals surface area contributed by atoms with Gasteiger partial charge in [-0.25, -0.2) is 8.42 Å². The molecule has 3 heterocycles. The molecule has 2 fully saturated rings. The highest BCUT2D eigenvalue weighted by molar-refractivity contribution is 7.89. The first kappa shape index (κ1) is 24.9. The van der Waals surface area contributed by atoms with Crippen molar-refractivity contribution in [3.05, 3.63) is 17.7 Å². The molecule has 2 amide bonds. The topological polar surface area (TPSA) is 108 Å². The van der Waals surface area contributed by atoms with E-state index in [4.69, 9.17) is 4.74 Å². The number of fused-ring (bicyclic) bond motifs is 1. The summed E-state index contributed by atoms with van der Waals surface area (Å²) in [7, 11) is -3.81. The van der Waals surface area contributed by atoms with Gasteiger partial charge in [0, 0.05) is 32.2 Å². The maximum atomic E-state index is 13.5. The predicted molar refractivity (Wildman–Crippen MR) is 129 cm³/mol. The van der Waals surface area contributed by atoms with Crippen LogP contribution >= 0.6 is 0 Å². The second-order valence-corrected chi connectivity index (χ2v) is 11.5. The number of amides is 2. The van der Waals surface area contributed by atoms with Crippen LogP contribution in [-0.2, 0) is 19.6 Å². The average Bonchev–Trinajstić information content (AvgIpc) is 3.08. The summed E-state index contributed by atoms with van der Waals surface area (Å²) in [5.74, 6) is -0.350. The number of hydrogen-bond acceptors (Lipinski definition) is 6. The smallest absolute Gasteiger partial charge is 0.265 e. The molecular weight excluding hydrogens is 456 g/mol. The number of nitrogens with zero attached hydrogens (tertiary/aromatic N) is 2. The number of carbonyl (C=O) groups excluding carboxylic acids is 2. The molecule has 0 aromatic heterocycles. The van der Waals surface area contributed by atoms with Crippen molar-refractivity contribution in [3.63, 3.8) is 0 Å². The van der Waals surface area contributed by atoms with E-state index >= 15 is 0 Å². The largest absolute Gasteiger partial charge is 0.479 e. The Morgan fingerprint density at radius 3 is 2.62 bits per heavy atom. The van der Waals surface area contributed by atoms with Gasteiger partial charge in [0.15, 0.2) is 6.10 Å². The number of carbonyl (C=O) groups is 2. The molecule has 1 aromatic rings. The van der Waals surface area contributed by atoms with Crippen LogP contribution in [0, 0.1) is 12.8 Å². The number of ether oxygens (including phenoxy) is 1. The number of sulfonamides is 1. The molecule has 9 nitrogen and oxygen atoms in total. The van der Waals surface area contributed by atoms with E-state index in [0.717, 1.165) is 19.6 Å². The molecule has 188 valence electrons. The highest BCUT2D eigenvalue weighted by atomic mass is 32.2.